The Bertz CT molecular complexity index is 464. The normalized spacial score (nSPS) is 12.1. The maximum Gasteiger partial charge on any atom is 0.328 e. The molecule has 0 aliphatic carbocycles. The lowest BCUT2D eigenvalue weighted by Crippen LogP contribution is -1.94. The summed E-state index contributed by atoms with van der Waals surface area (Å²) in [5, 5.41) is 9.17. The van der Waals surface area contributed by atoms with Gasteiger partial charge in [0.05, 0.1) is 0 Å². The van der Waals surface area contributed by atoms with Gasteiger partial charge in [0.15, 0.2) is 0 Å². The third-order valence-electron chi connectivity index (χ3n) is 6.69. The van der Waals surface area contributed by atoms with Crippen LogP contribution in [0.25, 0.3) is 0 Å². The number of carbonyl (C=O) groups is 1. The Morgan fingerprint density at radius 1 is 0.515 bits per heavy atom. The van der Waals surface area contributed by atoms with Crippen molar-refractivity contribution in [1.29, 1.82) is 0 Å². The summed E-state index contributed by atoms with van der Waals surface area (Å²) in [7, 11) is 0. The first-order valence-corrected chi connectivity index (χ1v) is 14.8. The zero-order valence-corrected chi connectivity index (χ0v) is 22.6. The van der Waals surface area contributed by atoms with Crippen LogP contribution in [0.3, 0.4) is 0 Å². The number of hydrogen-bond acceptors (Lipinski definition) is 1. The average molecular weight is 463 g/mol. The molecule has 1 N–H and O–H groups in total. The maximum atomic E-state index is 11.1. The van der Waals surface area contributed by atoms with Crippen molar-refractivity contribution in [3.05, 3.63) is 23.8 Å². The molecule has 0 saturated heterocycles. The summed E-state index contributed by atoms with van der Waals surface area (Å²) in [6.07, 6.45) is 37.1. The molecule has 0 spiro atoms. The monoisotopic (exact) mass is 462 g/mol. The quantitative estimate of drug-likeness (QED) is 0.0788. The van der Waals surface area contributed by atoms with E-state index in [9.17, 15) is 9.90 Å². The van der Waals surface area contributed by atoms with Crippen LogP contribution in [0.1, 0.15) is 168 Å². The number of unbranched alkanes of at least 4 members (excludes halogenated alkanes) is 19. The van der Waals surface area contributed by atoms with Crippen LogP contribution in [0, 0.1) is 0 Å². The highest BCUT2D eigenvalue weighted by molar-refractivity contribution is 5.80. The second-order valence-electron chi connectivity index (χ2n) is 10.1. The third-order valence-corrected chi connectivity index (χ3v) is 6.69. The van der Waals surface area contributed by atoms with Gasteiger partial charge in [0, 0.05) is 6.08 Å². The van der Waals surface area contributed by atoms with Crippen LogP contribution in [-0.2, 0) is 4.79 Å². The Hall–Kier alpha value is -1.05. The van der Waals surface area contributed by atoms with Gasteiger partial charge in [0.25, 0.3) is 0 Å². The minimum Gasteiger partial charge on any atom is -0.478 e. The van der Waals surface area contributed by atoms with Crippen molar-refractivity contribution in [3.8, 4) is 0 Å². The van der Waals surface area contributed by atoms with E-state index in [2.05, 4.69) is 26.0 Å². The van der Waals surface area contributed by atoms with Gasteiger partial charge < -0.3 is 5.11 Å². The molecule has 33 heavy (non-hydrogen) atoms. The van der Waals surface area contributed by atoms with Gasteiger partial charge >= 0.3 is 5.97 Å². The van der Waals surface area contributed by atoms with E-state index in [4.69, 9.17) is 0 Å². The van der Waals surface area contributed by atoms with E-state index in [-0.39, 0.29) is 0 Å². The molecule has 0 aliphatic heterocycles. The van der Waals surface area contributed by atoms with Crippen LogP contribution >= 0.6 is 0 Å². The highest BCUT2D eigenvalue weighted by Gasteiger charge is 2.02. The molecule has 0 aromatic heterocycles. The highest BCUT2D eigenvalue weighted by atomic mass is 16.4. The molecule has 0 bridgehead atoms. The van der Waals surface area contributed by atoms with E-state index < -0.39 is 5.97 Å². The molecule has 0 atom stereocenters. The van der Waals surface area contributed by atoms with Crippen molar-refractivity contribution < 1.29 is 9.90 Å². The van der Waals surface area contributed by atoms with Gasteiger partial charge in [-0.15, -0.1) is 0 Å². The van der Waals surface area contributed by atoms with Gasteiger partial charge in [-0.3, -0.25) is 0 Å². The van der Waals surface area contributed by atoms with E-state index in [0.29, 0.717) is 0 Å². The lowest BCUT2D eigenvalue weighted by atomic mass is 9.99. The third kappa shape index (κ3) is 27.1. The molecular weight excluding hydrogens is 404 g/mol. The highest BCUT2D eigenvalue weighted by Crippen LogP contribution is 2.18. The Morgan fingerprint density at radius 2 is 0.879 bits per heavy atom. The molecule has 0 saturated carbocycles. The molecule has 0 aromatic rings. The lowest BCUT2D eigenvalue weighted by molar-refractivity contribution is -0.131. The fourth-order valence-electron chi connectivity index (χ4n) is 4.54. The van der Waals surface area contributed by atoms with Crippen molar-refractivity contribution in [2.24, 2.45) is 0 Å². The molecule has 194 valence electrons. The molecule has 0 aliphatic rings. The standard InChI is InChI=1S/C31H58O2/c1-3-5-7-9-11-13-15-16-17-18-20-22-24-26-28-30(29-31(32)33)27-25-23-21-19-14-12-10-8-6-4-2/h19,21,29H,3-18,20,22-28H2,1-2H3,(H,32,33)/b21-19+,30-29+. The van der Waals surface area contributed by atoms with Crippen LogP contribution < -0.4 is 0 Å². The van der Waals surface area contributed by atoms with Crippen molar-refractivity contribution in [1.82, 2.24) is 0 Å². The molecular formula is C31H58O2. The van der Waals surface area contributed by atoms with Gasteiger partial charge in [0.2, 0.25) is 0 Å². The van der Waals surface area contributed by atoms with E-state index in [1.54, 1.807) is 0 Å². The Morgan fingerprint density at radius 3 is 1.33 bits per heavy atom. The molecule has 0 rings (SSSR count). The number of carboxylic acids is 1. The number of rotatable bonds is 26. The summed E-state index contributed by atoms with van der Waals surface area (Å²) in [6.45, 7) is 4.54. The van der Waals surface area contributed by atoms with E-state index in [1.165, 1.54) is 128 Å². The molecule has 0 aromatic carbocycles. The summed E-state index contributed by atoms with van der Waals surface area (Å²) < 4.78 is 0. The predicted molar refractivity (Wildman–Crippen MR) is 147 cm³/mol. The lowest BCUT2D eigenvalue weighted by Gasteiger charge is -2.07. The van der Waals surface area contributed by atoms with Crippen molar-refractivity contribution >= 4 is 5.97 Å². The van der Waals surface area contributed by atoms with Crippen LogP contribution in [0.4, 0.5) is 0 Å². The van der Waals surface area contributed by atoms with E-state index in [0.717, 1.165) is 37.7 Å². The summed E-state index contributed by atoms with van der Waals surface area (Å²) in [6, 6.07) is 0. The Balaban J connectivity index is 3.62. The Kier molecular flexibility index (Phi) is 26.3. The van der Waals surface area contributed by atoms with Gasteiger partial charge in [0.1, 0.15) is 0 Å². The van der Waals surface area contributed by atoms with Gasteiger partial charge in [-0.1, -0.05) is 141 Å². The zero-order valence-electron chi connectivity index (χ0n) is 22.6. The second-order valence-corrected chi connectivity index (χ2v) is 10.1. The fourth-order valence-corrected chi connectivity index (χ4v) is 4.54. The summed E-state index contributed by atoms with van der Waals surface area (Å²) in [5.41, 5.74) is 1.13. The summed E-state index contributed by atoms with van der Waals surface area (Å²) >= 11 is 0. The predicted octanol–water partition coefficient (Wildman–Crippen LogP) is 11.0. The molecule has 2 nitrogen and oxygen atoms in total. The SMILES string of the molecule is CCCCCCC/C=C/CCC/C(=C\C(=O)O)CCCCCCCCCCCCCCCC. The van der Waals surface area contributed by atoms with Crippen LogP contribution in [0.2, 0.25) is 0 Å². The largest absolute Gasteiger partial charge is 0.478 e. The number of hydrogen-bond donors (Lipinski definition) is 1. The molecule has 2 heteroatoms. The smallest absolute Gasteiger partial charge is 0.328 e. The van der Waals surface area contributed by atoms with Crippen LogP contribution in [0.5, 0.6) is 0 Å². The molecule has 0 fully saturated rings. The molecule has 0 amide bonds. The number of aliphatic carboxylic acids is 1. The molecule has 0 unspecified atom stereocenters. The first-order chi connectivity index (χ1) is 16.2. The average Bonchev–Trinajstić information content (AvgIpc) is 2.80. The summed E-state index contributed by atoms with van der Waals surface area (Å²) in [5.74, 6) is -0.780. The zero-order chi connectivity index (χ0) is 24.2. The van der Waals surface area contributed by atoms with E-state index in [1.807, 2.05) is 0 Å². The second kappa shape index (κ2) is 27.2. The molecule has 0 radical (unpaired) electrons. The van der Waals surface area contributed by atoms with Crippen LogP contribution in [-0.4, -0.2) is 11.1 Å². The number of carboxylic acid groups (broad SMARTS) is 1. The van der Waals surface area contributed by atoms with Gasteiger partial charge in [-0.05, 0) is 44.9 Å². The minimum atomic E-state index is -0.780. The summed E-state index contributed by atoms with van der Waals surface area (Å²) in [4.78, 5) is 11.1. The first-order valence-electron chi connectivity index (χ1n) is 14.8. The van der Waals surface area contributed by atoms with Crippen molar-refractivity contribution in [2.75, 3.05) is 0 Å². The van der Waals surface area contributed by atoms with Gasteiger partial charge in [-0.25, -0.2) is 4.79 Å². The van der Waals surface area contributed by atoms with Crippen molar-refractivity contribution in [3.63, 3.8) is 0 Å². The fraction of sp³-hybridized carbons (Fsp3) is 0.839. The number of allylic oxidation sites excluding steroid dienone is 3. The maximum absolute atomic E-state index is 11.1. The first kappa shape index (κ1) is 31.9. The Labute approximate surface area is 207 Å². The molecule has 0 heterocycles. The van der Waals surface area contributed by atoms with E-state index >= 15 is 0 Å². The minimum absolute atomic E-state index is 0.780. The van der Waals surface area contributed by atoms with Crippen LogP contribution in [0.15, 0.2) is 23.8 Å². The van der Waals surface area contributed by atoms with Crippen molar-refractivity contribution in [2.45, 2.75) is 168 Å². The van der Waals surface area contributed by atoms with Gasteiger partial charge in [-0.2, -0.15) is 0 Å². The topological polar surface area (TPSA) is 37.3 Å².